The molecule has 1 heterocycles. The van der Waals surface area contributed by atoms with E-state index in [0.29, 0.717) is 18.8 Å². The van der Waals surface area contributed by atoms with E-state index in [9.17, 15) is 8.42 Å². The molecule has 2 N–H and O–H groups in total. The standard InChI is InChI=1S/C21H23N3O3S/c1-3-24(18-9-5-4-6-10-18)28(25,26)20-12-13-21(23-16-20)22-15-17-8-7-11-19(14-17)27-2/h4-14,16H,3,15H2,1-2H3,(H,22,23)/p+1. The number of anilines is 2. The molecule has 0 saturated carbocycles. The molecule has 0 aliphatic rings. The van der Waals surface area contributed by atoms with Crippen molar-refractivity contribution in [3.05, 3.63) is 78.5 Å². The zero-order chi connectivity index (χ0) is 20.0. The van der Waals surface area contributed by atoms with E-state index in [-0.39, 0.29) is 4.90 Å². The zero-order valence-electron chi connectivity index (χ0n) is 15.9. The van der Waals surface area contributed by atoms with E-state index in [4.69, 9.17) is 4.74 Å². The fourth-order valence-electron chi connectivity index (χ4n) is 2.87. The van der Waals surface area contributed by atoms with E-state index >= 15 is 0 Å². The van der Waals surface area contributed by atoms with Crippen LogP contribution in [0.25, 0.3) is 0 Å². The topological polar surface area (TPSA) is 72.8 Å². The van der Waals surface area contributed by atoms with Crippen LogP contribution in [0.15, 0.2) is 77.8 Å². The molecular weight excluding hydrogens is 374 g/mol. The van der Waals surface area contributed by atoms with Crippen molar-refractivity contribution in [1.29, 1.82) is 0 Å². The van der Waals surface area contributed by atoms with Gasteiger partial charge in [-0.05, 0) is 42.8 Å². The summed E-state index contributed by atoms with van der Waals surface area (Å²) in [5, 5.41) is 3.25. The molecule has 0 amide bonds. The first kappa shape index (κ1) is 19.7. The van der Waals surface area contributed by atoms with Crippen LogP contribution in [0.4, 0.5) is 11.5 Å². The van der Waals surface area contributed by atoms with Crippen LogP contribution in [-0.4, -0.2) is 22.1 Å². The van der Waals surface area contributed by atoms with Crippen LogP contribution >= 0.6 is 0 Å². The Morgan fingerprint density at radius 2 is 1.82 bits per heavy atom. The van der Waals surface area contributed by atoms with Crippen molar-refractivity contribution in [3.8, 4) is 5.75 Å². The fraction of sp³-hybridized carbons (Fsp3) is 0.190. The molecule has 0 spiro atoms. The third kappa shape index (κ3) is 4.43. The number of aromatic amines is 1. The Bertz CT molecular complexity index is 1010. The van der Waals surface area contributed by atoms with Gasteiger partial charge in [-0.3, -0.25) is 9.62 Å². The molecule has 146 valence electrons. The maximum Gasteiger partial charge on any atom is 0.272 e. The van der Waals surface area contributed by atoms with Crippen LogP contribution in [0.3, 0.4) is 0 Å². The van der Waals surface area contributed by atoms with Crippen molar-refractivity contribution < 1.29 is 18.1 Å². The van der Waals surface area contributed by atoms with Crippen LogP contribution in [-0.2, 0) is 16.6 Å². The van der Waals surface area contributed by atoms with Gasteiger partial charge in [0.2, 0.25) is 0 Å². The maximum absolute atomic E-state index is 13.0. The summed E-state index contributed by atoms with van der Waals surface area (Å²) in [6.45, 7) is 2.76. The number of benzene rings is 2. The molecule has 0 aliphatic carbocycles. The summed E-state index contributed by atoms with van der Waals surface area (Å²) in [4.78, 5) is 3.24. The van der Waals surface area contributed by atoms with Gasteiger partial charge in [-0.15, -0.1) is 0 Å². The lowest BCUT2D eigenvalue weighted by atomic mass is 10.2. The van der Waals surface area contributed by atoms with Crippen LogP contribution in [0.5, 0.6) is 5.75 Å². The highest BCUT2D eigenvalue weighted by Gasteiger charge is 2.24. The molecule has 0 atom stereocenters. The molecule has 3 rings (SSSR count). The molecule has 0 unspecified atom stereocenters. The van der Waals surface area contributed by atoms with Gasteiger partial charge in [0.1, 0.15) is 23.4 Å². The van der Waals surface area contributed by atoms with E-state index in [0.717, 1.165) is 17.1 Å². The highest BCUT2D eigenvalue weighted by molar-refractivity contribution is 7.92. The number of ether oxygens (including phenoxy) is 1. The maximum atomic E-state index is 13.0. The molecular formula is C21H24N3O3S+. The Hall–Kier alpha value is -3.06. The van der Waals surface area contributed by atoms with Crippen molar-refractivity contribution in [2.45, 2.75) is 18.4 Å². The van der Waals surface area contributed by atoms with Crippen molar-refractivity contribution in [2.24, 2.45) is 0 Å². The summed E-state index contributed by atoms with van der Waals surface area (Å²) in [5.74, 6) is 1.52. The number of nitrogens with zero attached hydrogens (tertiary/aromatic N) is 1. The smallest absolute Gasteiger partial charge is 0.272 e. The Kier molecular flexibility index (Phi) is 6.16. The summed E-state index contributed by atoms with van der Waals surface area (Å²) in [6, 6.07) is 20.2. The SMILES string of the molecule is CCN(c1ccccc1)S(=O)(=O)c1ccc(NCc2cccc(OC)c2)[nH+]c1. The Labute approximate surface area is 165 Å². The number of sulfonamides is 1. The average molecular weight is 399 g/mol. The van der Waals surface area contributed by atoms with Gasteiger partial charge >= 0.3 is 0 Å². The molecule has 0 bridgehead atoms. The van der Waals surface area contributed by atoms with Crippen molar-refractivity contribution >= 4 is 21.5 Å². The minimum atomic E-state index is -3.64. The van der Waals surface area contributed by atoms with E-state index in [1.807, 2.05) is 49.4 Å². The first-order chi connectivity index (χ1) is 13.5. The Morgan fingerprint density at radius 3 is 2.46 bits per heavy atom. The molecule has 0 aliphatic heterocycles. The van der Waals surface area contributed by atoms with Crippen molar-refractivity contribution in [3.63, 3.8) is 0 Å². The molecule has 7 heteroatoms. The predicted octanol–water partition coefficient (Wildman–Crippen LogP) is 3.34. The summed E-state index contributed by atoms with van der Waals surface area (Å²) >= 11 is 0. The van der Waals surface area contributed by atoms with Gasteiger partial charge in [-0.1, -0.05) is 30.3 Å². The zero-order valence-corrected chi connectivity index (χ0v) is 16.7. The van der Waals surface area contributed by atoms with Crippen LogP contribution in [0, 0.1) is 0 Å². The van der Waals surface area contributed by atoms with Crippen molar-refractivity contribution in [1.82, 2.24) is 0 Å². The molecule has 1 aromatic heterocycles. The highest BCUT2D eigenvalue weighted by atomic mass is 32.2. The first-order valence-corrected chi connectivity index (χ1v) is 10.4. The normalized spacial score (nSPS) is 11.1. The number of hydrogen-bond acceptors (Lipinski definition) is 4. The Morgan fingerprint density at radius 1 is 1.04 bits per heavy atom. The second-order valence-corrected chi connectivity index (χ2v) is 8.01. The van der Waals surface area contributed by atoms with Gasteiger partial charge in [-0.25, -0.2) is 13.4 Å². The number of pyridine rings is 1. The molecule has 0 radical (unpaired) electrons. The Balaban J connectivity index is 1.74. The van der Waals surface area contributed by atoms with E-state index < -0.39 is 10.0 Å². The molecule has 28 heavy (non-hydrogen) atoms. The lowest BCUT2D eigenvalue weighted by molar-refractivity contribution is -0.364. The molecule has 0 fully saturated rings. The van der Waals surface area contributed by atoms with Gasteiger partial charge in [0, 0.05) is 12.6 Å². The number of nitrogens with one attached hydrogen (secondary N) is 2. The number of aromatic nitrogens is 1. The van der Waals surface area contributed by atoms with Gasteiger partial charge in [0.25, 0.3) is 15.8 Å². The summed E-state index contributed by atoms with van der Waals surface area (Å²) < 4.78 is 32.6. The molecule has 3 aromatic rings. The second kappa shape index (κ2) is 8.75. The minimum absolute atomic E-state index is 0.213. The van der Waals surface area contributed by atoms with Gasteiger partial charge in [0.15, 0.2) is 0 Å². The number of H-pyrrole nitrogens is 1. The van der Waals surface area contributed by atoms with E-state index in [1.165, 1.54) is 10.5 Å². The third-order valence-corrected chi connectivity index (χ3v) is 6.22. The second-order valence-electron chi connectivity index (χ2n) is 6.15. The van der Waals surface area contributed by atoms with Crippen LogP contribution in [0.2, 0.25) is 0 Å². The summed E-state index contributed by atoms with van der Waals surface area (Å²) in [5.41, 5.74) is 1.70. The molecule has 2 aromatic carbocycles. The predicted molar refractivity (Wildman–Crippen MR) is 110 cm³/mol. The molecule has 6 nitrogen and oxygen atoms in total. The lowest BCUT2D eigenvalue weighted by Crippen LogP contribution is -2.31. The van der Waals surface area contributed by atoms with E-state index in [1.54, 1.807) is 31.4 Å². The quantitative estimate of drug-likeness (QED) is 0.632. The summed E-state index contributed by atoms with van der Waals surface area (Å²) in [6.07, 6.45) is 1.51. The average Bonchev–Trinajstić information content (AvgIpc) is 2.74. The first-order valence-electron chi connectivity index (χ1n) is 9.01. The number of para-hydroxylation sites is 1. The third-order valence-electron chi connectivity index (χ3n) is 4.32. The van der Waals surface area contributed by atoms with Crippen LogP contribution < -0.4 is 19.3 Å². The highest BCUT2D eigenvalue weighted by Crippen LogP contribution is 2.22. The van der Waals surface area contributed by atoms with Crippen molar-refractivity contribution in [2.75, 3.05) is 23.3 Å². The van der Waals surface area contributed by atoms with Gasteiger partial charge < -0.3 is 4.74 Å². The fourth-order valence-corrected chi connectivity index (χ4v) is 4.32. The minimum Gasteiger partial charge on any atom is -0.497 e. The van der Waals surface area contributed by atoms with E-state index in [2.05, 4.69) is 10.3 Å². The molecule has 0 saturated heterocycles. The number of methoxy groups -OCH3 is 1. The monoisotopic (exact) mass is 398 g/mol. The number of hydrogen-bond donors (Lipinski definition) is 1. The summed E-state index contributed by atoms with van der Waals surface area (Å²) in [7, 11) is -2.01. The van der Waals surface area contributed by atoms with Gasteiger partial charge in [0.05, 0.1) is 12.8 Å². The van der Waals surface area contributed by atoms with Crippen LogP contribution in [0.1, 0.15) is 12.5 Å². The van der Waals surface area contributed by atoms with Gasteiger partial charge in [-0.2, -0.15) is 0 Å². The number of rotatable bonds is 8. The lowest BCUT2D eigenvalue weighted by Gasteiger charge is -2.22. The largest absolute Gasteiger partial charge is 0.497 e.